The summed E-state index contributed by atoms with van der Waals surface area (Å²) in [7, 11) is 1.27. The van der Waals surface area contributed by atoms with E-state index in [0.717, 1.165) is 22.3 Å². The van der Waals surface area contributed by atoms with E-state index in [1.165, 1.54) is 7.11 Å². The maximum absolute atomic E-state index is 12.4. The molecule has 3 N–H and O–H groups in total. The lowest BCUT2D eigenvalue weighted by atomic mass is 9.98. The van der Waals surface area contributed by atoms with Gasteiger partial charge in [-0.25, -0.2) is 9.59 Å². The third-order valence-electron chi connectivity index (χ3n) is 5.95. The number of amides is 2. The van der Waals surface area contributed by atoms with Crippen LogP contribution in [0.2, 0.25) is 0 Å². The summed E-state index contributed by atoms with van der Waals surface area (Å²) in [5.74, 6) is -1.49. The third-order valence-corrected chi connectivity index (χ3v) is 5.95. The van der Waals surface area contributed by atoms with Crippen LogP contribution < -0.4 is 10.6 Å². The monoisotopic (exact) mass is 474 g/mol. The average molecular weight is 475 g/mol. The van der Waals surface area contributed by atoms with E-state index in [2.05, 4.69) is 34.9 Å². The Morgan fingerprint density at radius 3 is 2.09 bits per heavy atom. The number of hydrogen-bond donors (Lipinski definition) is 3. The molecule has 0 spiro atoms. The Balaban J connectivity index is 1.29. The van der Waals surface area contributed by atoms with E-state index in [-0.39, 0.29) is 31.4 Å². The van der Waals surface area contributed by atoms with Gasteiger partial charge < -0.3 is 19.9 Å². The summed E-state index contributed by atoms with van der Waals surface area (Å²) < 4.78 is 10.3. The van der Waals surface area contributed by atoms with Crippen molar-refractivity contribution >= 4 is 23.7 Å². The number of carbonyl (C=O) groups excluding carboxylic acids is 2. The van der Waals surface area contributed by atoms with E-state index >= 15 is 0 Å². The molecule has 0 heterocycles. The van der Waals surface area contributed by atoms with Crippen LogP contribution in [0, 0.1) is 0 Å². The predicted molar refractivity (Wildman–Crippen MR) is 130 cm³/mol. The molecule has 1 aliphatic rings. The van der Waals surface area contributed by atoms with E-state index in [9.17, 15) is 14.4 Å². The van der Waals surface area contributed by atoms with Crippen molar-refractivity contribution in [3.8, 4) is 11.1 Å². The molecule has 0 bridgehead atoms. The van der Waals surface area contributed by atoms with Crippen LogP contribution in [0.25, 0.3) is 11.1 Å². The Hall–Kier alpha value is -4.17. The van der Waals surface area contributed by atoms with Crippen molar-refractivity contribution in [3.05, 3.63) is 89.5 Å². The summed E-state index contributed by atoms with van der Waals surface area (Å²) in [6.07, 6.45) is -1.58. The summed E-state index contributed by atoms with van der Waals surface area (Å²) in [6, 6.07) is 23.1. The number of methoxy groups -OCH3 is 1. The summed E-state index contributed by atoms with van der Waals surface area (Å²) >= 11 is 0. The van der Waals surface area contributed by atoms with Gasteiger partial charge in [0, 0.05) is 18.7 Å². The minimum atomic E-state index is -1.14. The van der Waals surface area contributed by atoms with Crippen LogP contribution >= 0.6 is 0 Å². The topological polar surface area (TPSA) is 114 Å². The smallest absolute Gasteiger partial charge is 0.411 e. The first-order valence-corrected chi connectivity index (χ1v) is 11.2. The second-order valence-corrected chi connectivity index (χ2v) is 8.19. The summed E-state index contributed by atoms with van der Waals surface area (Å²) in [6.45, 7) is 0.100. The maximum Gasteiger partial charge on any atom is 0.411 e. The van der Waals surface area contributed by atoms with Gasteiger partial charge in [-0.05, 0) is 39.9 Å². The molecule has 0 aromatic heterocycles. The minimum absolute atomic E-state index is 0.0205. The predicted octanol–water partition coefficient (Wildman–Crippen LogP) is 3.81. The number of benzene rings is 3. The van der Waals surface area contributed by atoms with Crippen molar-refractivity contribution in [1.82, 2.24) is 5.32 Å². The van der Waals surface area contributed by atoms with Gasteiger partial charge in [-0.1, -0.05) is 60.7 Å². The molecule has 2 amide bonds. The zero-order chi connectivity index (χ0) is 24.8. The third kappa shape index (κ3) is 5.67. The highest BCUT2D eigenvalue weighted by Crippen LogP contribution is 2.44. The molecule has 0 saturated carbocycles. The van der Waals surface area contributed by atoms with Gasteiger partial charge in [0.25, 0.3) is 0 Å². The van der Waals surface area contributed by atoms with E-state index in [1.54, 1.807) is 24.3 Å². The Bertz CT molecular complexity index is 1180. The molecular weight excluding hydrogens is 448 g/mol. The number of hydrogen-bond acceptors (Lipinski definition) is 5. The first-order chi connectivity index (χ1) is 17.0. The molecule has 1 atom stereocenters. The Kier molecular flexibility index (Phi) is 7.42. The molecule has 3 aromatic carbocycles. The SMILES string of the molecule is COC(CNC(=O)Cc1ccc(NC(=O)OCC2c3ccccc3-c3ccccc32)cc1)C(=O)O. The van der Waals surface area contributed by atoms with E-state index in [0.29, 0.717) is 11.3 Å². The molecule has 4 rings (SSSR count). The average Bonchev–Trinajstić information content (AvgIpc) is 3.18. The zero-order valence-corrected chi connectivity index (χ0v) is 19.2. The Morgan fingerprint density at radius 1 is 0.914 bits per heavy atom. The van der Waals surface area contributed by atoms with Crippen LogP contribution in [0.1, 0.15) is 22.6 Å². The minimum Gasteiger partial charge on any atom is -0.479 e. The summed E-state index contributed by atoms with van der Waals surface area (Å²) in [5, 5.41) is 14.2. The number of carbonyl (C=O) groups is 3. The van der Waals surface area contributed by atoms with Gasteiger partial charge in [-0.15, -0.1) is 0 Å². The number of carboxylic acids is 1. The maximum atomic E-state index is 12.4. The molecule has 0 aliphatic heterocycles. The summed E-state index contributed by atoms with van der Waals surface area (Å²) in [4.78, 5) is 35.4. The molecule has 1 unspecified atom stereocenters. The molecular formula is C27H26N2O6. The molecule has 0 saturated heterocycles. The fourth-order valence-electron chi connectivity index (χ4n) is 4.18. The van der Waals surface area contributed by atoms with Gasteiger partial charge in [0.05, 0.1) is 13.0 Å². The van der Waals surface area contributed by atoms with Gasteiger partial charge in [0.2, 0.25) is 5.91 Å². The van der Waals surface area contributed by atoms with Gasteiger partial charge >= 0.3 is 12.1 Å². The van der Waals surface area contributed by atoms with Crippen LogP contribution in [0.5, 0.6) is 0 Å². The van der Waals surface area contributed by atoms with E-state index in [1.807, 2.05) is 24.3 Å². The fraction of sp³-hybridized carbons (Fsp3) is 0.222. The van der Waals surface area contributed by atoms with Gasteiger partial charge in [-0.3, -0.25) is 10.1 Å². The largest absolute Gasteiger partial charge is 0.479 e. The molecule has 180 valence electrons. The molecule has 35 heavy (non-hydrogen) atoms. The molecule has 0 fully saturated rings. The number of aliphatic carboxylic acids is 1. The lowest BCUT2D eigenvalue weighted by molar-refractivity contribution is -0.148. The first-order valence-electron chi connectivity index (χ1n) is 11.2. The zero-order valence-electron chi connectivity index (χ0n) is 19.2. The quantitative estimate of drug-likeness (QED) is 0.435. The van der Waals surface area contributed by atoms with Crippen LogP contribution in [0.3, 0.4) is 0 Å². The van der Waals surface area contributed by atoms with Crippen molar-refractivity contribution in [2.75, 3.05) is 25.6 Å². The number of fused-ring (bicyclic) bond motifs is 3. The number of ether oxygens (including phenoxy) is 2. The second-order valence-electron chi connectivity index (χ2n) is 8.19. The fourth-order valence-corrected chi connectivity index (χ4v) is 4.18. The van der Waals surface area contributed by atoms with Gasteiger partial charge in [-0.2, -0.15) is 0 Å². The van der Waals surface area contributed by atoms with E-state index in [4.69, 9.17) is 14.6 Å². The number of anilines is 1. The second kappa shape index (κ2) is 10.8. The Morgan fingerprint density at radius 2 is 1.51 bits per heavy atom. The van der Waals surface area contributed by atoms with Crippen LogP contribution in [0.15, 0.2) is 72.8 Å². The normalized spacial score (nSPS) is 12.8. The lowest BCUT2D eigenvalue weighted by Crippen LogP contribution is -2.38. The van der Waals surface area contributed by atoms with Crippen molar-refractivity contribution in [1.29, 1.82) is 0 Å². The van der Waals surface area contributed by atoms with Gasteiger partial charge in [0.15, 0.2) is 6.10 Å². The molecule has 1 aliphatic carbocycles. The molecule has 0 radical (unpaired) electrons. The highest BCUT2D eigenvalue weighted by atomic mass is 16.5. The highest BCUT2D eigenvalue weighted by molar-refractivity contribution is 5.85. The molecule has 8 nitrogen and oxygen atoms in total. The number of rotatable bonds is 9. The molecule has 8 heteroatoms. The van der Waals surface area contributed by atoms with Crippen molar-refractivity contribution in [2.24, 2.45) is 0 Å². The Labute approximate surface area is 202 Å². The number of carboxylic acid groups (broad SMARTS) is 1. The standard InChI is InChI=1S/C27H26N2O6/c1-34-24(26(31)32)15-28-25(30)14-17-10-12-18(13-11-17)29-27(33)35-16-23-21-8-4-2-6-19(21)20-7-3-5-9-22(20)23/h2-13,23-24H,14-16H2,1H3,(H,28,30)(H,29,33)(H,31,32). The van der Waals surface area contributed by atoms with Crippen molar-refractivity contribution in [3.63, 3.8) is 0 Å². The van der Waals surface area contributed by atoms with Gasteiger partial charge in [0.1, 0.15) is 6.61 Å². The summed E-state index contributed by atoms with van der Waals surface area (Å²) in [5.41, 5.74) is 5.87. The first kappa shape index (κ1) is 24.0. The number of nitrogens with one attached hydrogen (secondary N) is 2. The van der Waals surface area contributed by atoms with Crippen LogP contribution in [0.4, 0.5) is 10.5 Å². The lowest BCUT2D eigenvalue weighted by Gasteiger charge is -2.15. The van der Waals surface area contributed by atoms with Crippen LogP contribution in [-0.2, 0) is 25.5 Å². The molecule has 3 aromatic rings. The highest BCUT2D eigenvalue weighted by Gasteiger charge is 2.29. The van der Waals surface area contributed by atoms with Crippen molar-refractivity contribution in [2.45, 2.75) is 18.4 Å². The van der Waals surface area contributed by atoms with Crippen molar-refractivity contribution < 1.29 is 29.0 Å². The van der Waals surface area contributed by atoms with E-state index < -0.39 is 18.2 Å². The van der Waals surface area contributed by atoms with Crippen LogP contribution in [-0.4, -0.2) is 49.4 Å².